The number of carbonyl (C=O) groups excluding carboxylic acids is 2. The smallest absolute Gasteiger partial charge is 0.471 e. The summed E-state index contributed by atoms with van der Waals surface area (Å²) in [5.74, 6) is -3.35. The number of nitrogens with one attached hydrogen (secondary N) is 3. The summed E-state index contributed by atoms with van der Waals surface area (Å²) < 4.78 is 50.7. The van der Waals surface area contributed by atoms with Gasteiger partial charge in [-0.15, -0.1) is 11.3 Å². The fourth-order valence-corrected chi connectivity index (χ4v) is 7.40. The van der Waals surface area contributed by atoms with E-state index in [1.165, 1.54) is 16.2 Å². The van der Waals surface area contributed by atoms with Gasteiger partial charge in [0.05, 0.1) is 0 Å². The lowest BCUT2D eigenvalue weighted by Gasteiger charge is -2.36. The highest BCUT2D eigenvalue weighted by molar-refractivity contribution is 7.14. The van der Waals surface area contributed by atoms with Crippen molar-refractivity contribution in [3.05, 3.63) is 148 Å². The van der Waals surface area contributed by atoms with Crippen LogP contribution in [0.5, 0.6) is 5.75 Å². The number of carboxylic acids is 1. The van der Waals surface area contributed by atoms with E-state index in [1.54, 1.807) is 44.4 Å². The molecule has 2 heterocycles. The summed E-state index contributed by atoms with van der Waals surface area (Å²) in [4.78, 5) is 51.9. The molecule has 4 N–H and O–H groups in total. The first-order valence-corrected chi connectivity index (χ1v) is 20.7. The van der Waals surface area contributed by atoms with Gasteiger partial charge in [-0.3, -0.25) is 15.1 Å². The van der Waals surface area contributed by atoms with Crippen LogP contribution in [0.15, 0.2) is 125 Å². The lowest BCUT2D eigenvalue weighted by Crippen LogP contribution is -2.47. The number of carboxylic acid groups (broad SMARTS) is 1. The normalized spacial score (nSPS) is 13.2. The summed E-state index contributed by atoms with van der Waals surface area (Å²) >= 11 is 1.22. The predicted octanol–water partition coefficient (Wildman–Crippen LogP) is 7.70. The Balaban J connectivity index is 1.08. The zero-order valence-corrected chi connectivity index (χ0v) is 35.5. The maximum Gasteiger partial charge on any atom is 0.471 e. The highest BCUT2D eigenvalue weighted by Gasteiger charge is 2.41. The zero-order chi connectivity index (χ0) is 45.0. The molecular weight excluding hydrogens is 840 g/mol. The van der Waals surface area contributed by atoms with Gasteiger partial charge >= 0.3 is 24.1 Å². The molecule has 2 amide bonds. The third-order valence-corrected chi connectivity index (χ3v) is 10.2. The number of amides is 2. The van der Waals surface area contributed by atoms with Crippen molar-refractivity contribution >= 4 is 46.1 Å². The molecule has 14 nitrogen and oxygen atoms in total. The number of guanidine groups is 1. The number of oxime groups is 1. The Morgan fingerprint density at radius 1 is 0.841 bits per heavy atom. The molecule has 1 aliphatic rings. The van der Waals surface area contributed by atoms with Crippen molar-refractivity contribution < 1.29 is 47.0 Å². The van der Waals surface area contributed by atoms with Crippen LogP contribution in [0.3, 0.4) is 0 Å². The van der Waals surface area contributed by atoms with E-state index in [1.807, 2.05) is 96.3 Å². The van der Waals surface area contributed by atoms with E-state index in [9.17, 15) is 32.7 Å². The lowest BCUT2D eigenvalue weighted by atomic mass is 9.77. The molecule has 18 heteroatoms. The van der Waals surface area contributed by atoms with Crippen molar-refractivity contribution in [2.75, 3.05) is 31.6 Å². The third kappa shape index (κ3) is 12.1. The Morgan fingerprint density at radius 3 is 2.02 bits per heavy atom. The quantitative estimate of drug-likeness (QED) is 0.0253. The number of hydrogen-bond acceptors (Lipinski definition) is 11. The van der Waals surface area contributed by atoms with E-state index in [-0.39, 0.29) is 57.5 Å². The predicted molar refractivity (Wildman–Crippen MR) is 232 cm³/mol. The summed E-state index contributed by atoms with van der Waals surface area (Å²) in [6.45, 7) is 5.43. The topological polar surface area (TPSA) is 176 Å². The van der Waals surface area contributed by atoms with Gasteiger partial charge in [-0.1, -0.05) is 102 Å². The molecule has 0 aliphatic carbocycles. The number of benzene rings is 4. The van der Waals surface area contributed by atoms with Crippen LogP contribution >= 0.6 is 11.3 Å². The number of ether oxygens (including phenoxy) is 2. The van der Waals surface area contributed by atoms with Gasteiger partial charge in [0, 0.05) is 31.6 Å². The maximum absolute atomic E-state index is 13.2. The maximum atomic E-state index is 13.2. The van der Waals surface area contributed by atoms with Crippen molar-refractivity contribution in [2.45, 2.75) is 57.6 Å². The first kappa shape index (κ1) is 45.6. The number of alkyl carbamates (subject to hydrolysis) is 1. The van der Waals surface area contributed by atoms with E-state index in [4.69, 9.17) is 14.3 Å². The van der Waals surface area contributed by atoms with Gasteiger partial charge in [0.1, 0.15) is 29.2 Å². The first-order chi connectivity index (χ1) is 30.1. The van der Waals surface area contributed by atoms with E-state index in [2.05, 4.69) is 25.8 Å². The van der Waals surface area contributed by atoms with E-state index >= 15 is 0 Å². The molecule has 0 saturated heterocycles. The monoisotopic (exact) mass is 885 g/mol. The number of thiazole rings is 1. The van der Waals surface area contributed by atoms with Crippen LogP contribution in [0.4, 0.5) is 23.1 Å². The second kappa shape index (κ2) is 20.3. The Labute approximate surface area is 365 Å². The lowest BCUT2D eigenvalue weighted by molar-refractivity contribution is -0.172. The second-order valence-electron chi connectivity index (χ2n) is 15.2. The van der Waals surface area contributed by atoms with Crippen molar-refractivity contribution in [3.8, 4) is 5.75 Å². The minimum Gasteiger partial charge on any atom is -0.490 e. The van der Waals surface area contributed by atoms with Crippen LogP contribution in [0.1, 0.15) is 60.7 Å². The number of aliphatic imine (C=N–C) groups is 1. The average molecular weight is 886 g/mol. The fourth-order valence-electron chi connectivity index (χ4n) is 6.65. The van der Waals surface area contributed by atoms with Gasteiger partial charge in [0.2, 0.25) is 11.7 Å². The zero-order valence-electron chi connectivity index (χ0n) is 34.6. The molecule has 0 bridgehead atoms. The number of fused-ring (bicyclic) bond motifs is 1. The molecule has 0 radical (unpaired) electrons. The number of aromatic nitrogens is 1. The van der Waals surface area contributed by atoms with E-state index in [0.29, 0.717) is 10.9 Å². The summed E-state index contributed by atoms with van der Waals surface area (Å²) in [5, 5.41) is 24.1. The van der Waals surface area contributed by atoms with Crippen LogP contribution in [0.2, 0.25) is 0 Å². The standard InChI is InChI=1S/C45H46F3N7O7S/c1-43(2,3)62-42(59)50-23-13-22-49-40(52-39(58)45(46,47)48)55-27-30-20-21-35(26-31(30)28-55)60-24-25-61-54-37(38(56)57)36-29-63-41(51-36)53-44(32-14-7-4-8-15-32,33-16-9-5-10-17-33)34-18-11-6-12-19-34/h4-12,14-21,26,29H,13,22-25,27-28H2,1-3H3,(H,50,59)(H,51,53)(H,56,57)(H,49,52,58)/b54-37-. The minimum atomic E-state index is -5.13. The highest BCUT2D eigenvalue weighted by Crippen LogP contribution is 2.40. The third-order valence-electron chi connectivity index (χ3n) is 9.41. The Bertz CT molecular complexity index is 2310. The molecule has 0 fully saturated rings. The summed E-state index contributed by atoms with van der Waals surface area (Å²) in [7, 11) is 0. The summed E-state index contributed by atoms with van der Waals surface area (Å²) in [6.07, 6.45) is -5.50. The number of hydrogen-bond donors (Lipinski definition) is 4. The molecule has 1 aromatic heterocycles. The van der Waals surface area contributed by atoms with Gasteiger partial charge in [0.15, 0.2) is 11.7 Å². The van der Waals surface area contributed by atoms with Crippen molar-refractivity contribution in [2.24, 2.45) is 10.1 Å². The average Bonchev–Trinajstić information content (AvgIpc) is 3.90. The fraction of sp³-hybridized carbons (Fsp3) is 0.289. The molecule has 330 valence electrons. The van der Waals surface area contributed by atoms with Crippen molar-refractivity contribution in [1.82, 2.24) is 20.5 Å². The molecule has 63 heavy (non-hydrogen) atoms. The van der Waals surface area contributed by atoms with Crippen LogP contribution in [-0.4, -0.2) is 82.7 Å². The SMILES string of the molecule is CC(C)(C)OC(=O)NCCCN=C(NC(=O)C(F)(F)F)N1Cc2ccc(OCCO/N=C(\C(=O)O)c3csc(NC(c4ccccc4)(c4ccccc4)c4ccccc4)n3)cc2C1. The Morgan fingerprint density at radius 2 is 1.44 bits per heavy atom. The molecule has 5 aromatic rings. The van der Waals surface area contributed by atoms with Crippen LogP contribution in [0, 0.1) is 0 Å². The minimum absolute atomic E-state index is 0.00848. The van der Waals surface area contributed by atoms with Gasteiger partial charge in [-0.25, -0.2) is 14.6 Å². The van der Waals surface area contributed by atoms with Crippen molar-refractivity contribution in [3.63, 3.8) is 0 Å². The second-order valence-corrected chi connectivity index (χ2v) is 16.0. The number of alkyl halides is 3. The van der Waals surface area contributed by atoms with Crippen LogP contribution in [0.25, 0.3) is 0 Å². The molecule has 4 aromatic carbocycles. The number of carbonyl (C=O) groups is 3. The summed E-state index contributed by atoms with van der Waals surface area (Å²) in [5.41, 5.74) is 2.45. The molecule has 0 spiro atoms. The molecule has 0 atom stereocenters. The molecular formula is C45H46F3N7O7S. The Kier molecular flexibility index (Phi) is 14.7. The van der Waals surface area contributed by atoms with Crippen molar-refractivity contribution in [1.29, 1.82) is 0 Å². The van der Waals surface area contributed by atoms with Crippen LogP contribution < -0.4 is 20.7 Å². The Hall–Kier alpha value is -6.95. The van der Waals surface area contributed by atoms with Gasteiger partial charge in [-0.2, -0.15) is 13.2 Å². The van der Waals surface area contributed by atoms with Gasteiger partial charge in [0.25, 0.3) is 0 Å². The van der Waals surface area contributed by atoms with E-state index < -0.39 is 41.0 Å². The van der Waals surface area contributed by atoms with Gasteiger partial charge < -0.3 is 35.0 Å². The molecule has 0 saturated carbocycles. The number of nitrogens with zero attached hydrogens (tertiary/aromatic N) is 4. The molecule has 6 rings (SSSR count). The van der Waals surface area contributed by atoms with Crippen LogP contribution in [-0.2, 0) is 37.8 Å². The summed E-state index contributed by atoms with van der Waals surface area (Å²) in [6, 6.07) is 34.8. The number of rotatable bonds is 16. The molecule has 0 unspecified atom stereocenters. The number of aliphatic carboxylic acids is 1. The van der Waals surface area contributed by atoms with E-state index in [0.717, 1.165) is 27.8 Å². The highest BCUT2D eigenvalue weighted by atomic mass is 32.1. The molecule has 1 aliphatic heterocycles. The largest absolute Gasteiger partial charge is 0.490 e. The van der Waals surface area contributed by atoms with Gasteiger partial charge in [-0.05, 0) is 67.1 Å². The first-order valence-electron chi connectivity index (χ1n) is 19.9. The number of anilines is 1. The number of halogens is 3.